The number of rotatable bonds is 5. The summed E-state index contributed by atoms with van der Waals surface area (Å²) in [5.41, 5.74) is 6.84. The van der Waals surface area contributed by atoms with E-state index in [0.29, 0.717) is 25.9 Å². The Morgan fingerprint density at radius 1 is 1.27 bits per heavy atom. The highest BCUT2D eigenvalue weighted by molar-refractivity contribution is 5.85. The fraction of sp³-hybridized carbons (Fsp3) is 0.500. The van der Waals surface area contributed by atoms with E-state index < -0.39 is 0 Å². The van der Waals surface area contributed by atoms with Crippen LogP contribution >= 0.6 is 12.4 Å². The molecule has 0 saturated carbocycles. The lowest BCUT2D eigenvalue weighted by molar-refractivity contribution is -0.132. The molecule has 6 heteroatoms. The van der Waals surface area contributed by atoms with Crippen molar-refractivity contribution in [3.8, 4) is 0 Å². The molecular formula is C16H24ClN3O2. The van der Waals surface area contributed by atoms with E-state index in [-0.39, 0.29) is 30.3 Å². The van der Waals surface area contributed by atoms with E-state index in [1.165, 1.54) is 0 Å². The first-order valence-electron chi connectivity index (χ1n) is 7.49. The SMILES string of the molecule is Cl.NC1CCCN(C(=O)CCNC(=O)Cc2ccccc2)C1. The highest BCUT2D eigenvalue weighted by Crippen LogP contribution is 2.09. The molecule has 1 unspecified atom stereocenters. The first-order chi connectivity index (χ1) is 10.1. The van der Waals surface area contributed by atoms with Crippen LogP contribution in [0.2, 0.25) is 0 Å². The van der Waals surface area contributed by atoms with Crippen LogP contribution in [0.15, 0.2) is 30.3 Å². The average molecular weight is 326 g/mol. The van der Waals surface area contributed by atoms with Crippen LogP contribution < -0.4 is 11.1 Å². The minimum atomic E-state index is -0.0515. The van der Waals surface area contributed by atoms with E-state index in [2.05, 4.69) is 5.32 Å². The maximum Gasteiger partial charge on any atom is 0.224 e. The number of likely N-dealkylation sites (tertiary alicyclic amines) is 1. The summed E-state index contributed by atoms with van der Waals surface area (Å²) in [6.45, 7) is 1.80. The molecule has 2 rings (SSSR count). The van der Waals surface area contributed by atoms with Gasteiger partial charge >= 0.3 is 0 Å². The van der Waals surface area contributed by atoms with Crippen LogP contribution in [0.25, 0.3) is 0 Å². The van der Waals surface area contributed by atoms with Gasteiger partial charge in [-0.15, -0.1) is 12.4 Å². The third-order valence-corrected chi connectivity index (χ3v) is 3.68. The summed E-state index contributed by atoms with van der Waals surface area (Å²) in [4.78, 5) is 25.6. The second-order valence-corrected chi connectivity index (χ2v) is 5.50. The van der Waals surface area contributed by atoms with Crippen molar-refractivity contribution < 1.29 is 9.59 Å². The summed E-state index contributed by atoms with van der Waals surface area (Å²) < 4.78 is 0. The Morgan fingerprint density at radius 3 is 2.68 bits per heavy atom. The van der Waals surface area contributed by atoms with E-state index in [1.54, 1.807) is 4.90 Å². The van der Waals surface area contributed by atoms with Gasteiger partial charge in [-0.25, -0.2) is 0 Å². The molecule has 1 saturated heterocycles. The average Bonchev–Trinajstić information content (AvgIpc) is 2.48. The van der Waals surface area contributed by atoms with Gasteiger partial charge in [-0.3, -0.25) is 9.59 Å². The Balaban J connectivity index is 0.00000242. The molecule has 1 aromatic rings. The quantitative estimate of drug-likeness (QED) is 0.851. The fourth-order valence-electron chi connectivity index (χ4n) is 2.55. The number of hydrogen-bond acceptors (Lipinski definition) is 3. The van der Waals surface area contributed by atoms with E-state index in [4.69, 9.17) is 5.73 Å². The third-order valence-electron chi connectivity index (χ3n) is 3.68. The van der Waals surface area contributed by atoms with E-state index in [1.807, 2.05) is 30.3 Å². The largest absolute Gasteiger partial charge is 0.355 e. The molecule has 1 aromatic carbocycles. The van der Waals surface area contributed by atoms with Crippen LogP contribution in [0.4, 0.5) is 0 Å². The number of halogens is 1. The smallest absolute Gasteiger partial charge is 0.224 e. The molecule has 0 aromatic heterocycles. The van der Waals surface area contributed by atoms with Crippen molar-refractivity contribution in [2.45, 2.75) is 31.7 Å². The third kappa shape index (κ3) is 6.03. The number of carbonyl (C=O) groups is 2. The Morgan fingerprint density at radius 2 is 2.00 bits per heavy atom. The molecule has 0 spiro atoms. The van der Waals surface area contributed by atoms with Crippen molar-refractivity contribution in [2.75, 3.05) is 19.6 Å². The topological polar surface area (TPSA) is 75.4 Å². The van der Waals surface area contributed by atoms with Crippen molar-refractivity contribution in [3.63, 3.8) is 0 Å². The van der Waals surface area contributed by atoms with Gasteiger partial charge in [0, 0.05) is 32.1 Å². The highest BCUT2D eigenvalue weighted by atomic mass is 35.5. The Bertz CT molecular complexity index is 482. The summed E-state index contributed by atoms with van der Waals surface area (Å²) in [5.74, 6) is 0.0227. The molecule has 5 nitrogen and oxygen atoms in total. The number of nitrogens with zero attached hydrogens (tertiary/aromatic N) is 1. The lowest BCUT2D eigenvalue weighted by Gasteiger charge is -2.30. The number of hydrogen-bond donors (Lipinski definition) is 2. The number of carbonyl (C=O) groups excluding carboxylic acids is 2. The molecule has 1 heterocycles. The number of piperidine rings is 1. The summed E-state index contributed by atoms with van der Waals surface area (Å²) in [5, 5.41) is 2.79. The molecular weight excluding hydrogens is 302 g/mol. The molecule has 1 aliphatic heterocycles. The Hall–Kier alpha value is -1.59. The maximum atomic E-state index is 12.0. The van der Waals surface area contributed by atoms with E-state index >= 15 is 0 Å². The second-order valence-electron chi connectivity index (χ2n) is 5.50. The molecule has 0 bridgehead atoms. The van der Waals surface area contributed by atoms with Crippen molar-refractivity contribution in [1.29, 1.82) is 0 Å². The van der Waals surface area contributed by atoms with Crippen LogP contribution in [0, 0.1) is 0 Å². The fourth-order valence-corrected chi connectivity index (χ4v) is 2.55. The first-order valence-corrected chi connectivity index (χ1v) is 7.49. The standard InChI is InChI=1S/C16H23N3O2.ClH/c17-14-7-4-10-19(12-14)16(21)8-9-18-15(20)11-13-5-2-1-3-6-13;/h1-3,5-6,14H,4,7-12,17H2,(H,18,20);1H. The summed E-state index contributed by atoms with van der Waals surface area (Å²) in [6, 6.07) is 9.66. The van der Waals surface area contributed by atoms with Crippen LogP contribution in [-0.4, -0.2) is 42.4 Å². The zero-order valence-electron chi connectivity index (χ0n) is 12.7. The van der Waals surface area contributed by atoms with Crippen molar-refractivity contribution in [3.05, 3.63) is 35.9 Å². The molecule has 1 aliphatic rings. The van der Waals surface area contributed by atoms with E-state index in [9.17, 15) is 9.59 Å². The monoisotopic (exact) mass is 325 g/mol. The molecule has 1 atom stereocenters. The van der Waals surface area contributed by atoms with E-state index in [0.717, 1.165) is 24.9 Å². The predicted octanol–water partition coefficient (Wildman–Crippen LogP) is 1.11. The zero-order valence-corrected chi connectivity index (χ0v) is 13.5. The van der Waals surface area contributed by atoms with Crippen LogP contribution in [0.3, 0.4) is 0 Å². The van der Waals surface area contributed by atoms with Gasteiger partial charge in [0.2, 0.25) is 11.8 Å². The molecule has 122 valence electrons. The van der Waals surface area contributed by atoms with Crippen LogP contribution in [0.1, 0.15) is 24.8 Å². The minimum absolute atomic E-state index is 0. The first kappa shape index (κ1) is 18.5. The molecule has 3 N–H and O–H groups in total. The van der Waals surface area contributed by atoms with Gasteiger partial charge in [-0.1, -0.05) is 30.3 Å². The van der Waals surface area contributed by atoms with Gasteiger partial charge in [0.25, 0.3) is 0 Å². The van der Waals surface area contributed by atoms with Gasteiger partial charge in [-0.05, 0) is 18.4 Å². The molecule has 22 heavy (non-hydrogen) atoms. The number of benzene rings is 1. The molecule has 0 radical (unpaired) electrons. The number of amides is 2. The summed E-state index contributed by atoms with van der Waals surface area (Å²) in [6.07, 6.45) is 2.64. The van der Waals surface area contributed by atoms with Gasteiger partial charge in [0.05, 0.1) is 6.42 Å². The highest BCUT2D eigenvalue weighted by Gasteiger charge is 2.20. The summed E-state index contributed by atoms with van der Waals surface area (Å²) >= 11 is 0. The molecule has 2 amide bonds. The van der Waals surface area contributed by atoms with Gasteiger partial charge < -0.3 is 16.0 Å². The lowest BCUT2D eigenvalue weighted by atomic mass is 10.1. The van der Waals surface area contributed by atoms with Crippen LogP contribution in [-0.2, 0) is 16.0 Å². The van der Waals surface area contributed by atoms with Crippen molar-refractivity contribution in [1.82, 2.24) is 10.2 Å². The normalized spacial score (nSPS) is 17.5. The zero-order chi connectivity index (χ0) is 15.1. The Kier molecular flexibility index (Phi) is 7.91. The minimum Gasteiger partial charge on any atom is -0.355 e. The van der Waals surface area contributed by atoms with Gasteiger partial charge in [0.15, 0.2) is 0 Å². The van der Waals surface area contributed by atoms with Crippen molar-refractivity contribution in [2.24, 2.45) is 5.73 Å². The molecule has 1 fully saturated rings. The Labute approximate surface area is 137 Å². The maximum absolute atomic E-state index is 12.0. The van der Waals surface area contributed by atoms with Gasteiger partial charge in [0.1, 0.15) is 0 Å². The predicted molar refractivity (Wildman–Crippen MR) is 88.8 cm³/mol. The van der Waals surface area contributed by atoms with Crippen LogP contribution in [0.5, 0.6) is 0 Å². The van der Waals surface area contributed by atoms with Gasteiger partial charge in [-0.2, -0.15) is 0 Å². The number of nitrogens with one attached hydrogen (secondary N) is 1. The number of nitrogens with two attached hydrogens (primary N) is 1. The lowest BCUT2D eigenvalue weighted by Crippen LogP contribution is -2.46. The van der Waals surface area contributed by atoms with Crippen molar-refractivity contribution >= 4 is 24.2 Å². The summed E-state index contributed by atoms with van der Waals surface area (Å²) in [7, 11) is 0. The molecule has 0 aliphatic carbocycles. The second kappa shape index (κ2) is 9.43.